The maximum Gasteiger partial charge on any atom is 0.207 e. The van der Waals surface area contributed by atoms with Crippen molar-refractivity contribution in [1.82, 2.24) is 5.32 Å². The van der Waals surface area contributed by atoms with Gasteiger partial charge in [0.25, 0.3) is 0 Å². The monoisotopic (exact) mass is 321 g/mol. The second-order valence-electron chi connectivity index (χ2n) is 8.65. The topological polar surface area (TPSA) is 48.2 Å². The van der Waals surface area contributed by atoms with Crippen LogP contribution in [-0.4, -0.2) is 11.9 Å². The molecule has 1 aromatic carbocycles. The van der Waals surface area contributed by atoms with Crippen molar-refractivity contribution in [2.75, 3.05) is 0 Å². The van der Waals surface area contributed by atoms with Crippen LogP contribution in [0.2, 0.25) is 0 Å². The van der Waals surface area contributed by atoms with E-state index in [4.69, 9.17) is 0 Å². The minimum atomic E-state index is -0.272. The zero-order valence-electron chi connectivity index (χ0n) is 14.7. The van der Waals surface area contributed by atoms with Gasteiger partial charge in [0.15, 0.2) is 0 Å². The Bertz CT molecular complexity index is 640. The molecule has 0 aromatic heterocycles. The van der Waals surface area contributed by atoms with Gasteiger partial charge in [0.1, 0.15) is 5.84 Å². The minimum Gasteiger partial charge on any atom is -0.369 e. The molecule has 0 atom stereocenters. The summed E-state index contributed by atoms with van der Waals surface area (Å²) in [5.74, 6) is 4.31. The predicted octanol–water partition coefficient (Wildman–Crippen LogP) is 4.26. The van der Waals surface area contributed by atoms with Gasteiger partial charge >= 0.3 is 0 Å². The van der Waals surface area contributed by atoms with Gasteiger partial charge < -0.3 is 5.32 Å². The van der Waals surface area contributed by atoms with Crippen molar-refractivity contribution in [2.24, 2.45) is 28.7 Å². The number of rotatable bonds is 3. The Morgan fingerprint density at radius 2 is 1.62 bits per heavy atom. The van der Waals surface area contributed by atoms with Crippen LogP contribution in [0.1, 0.15) is 51.5 Å². The van der Waals surface area contributed by atoms with E-state index in [2.05, 4.69) is 48.4 Å². The molecule has 4 bridgehead atoms. The molecule has 4 aliphatic rings. The molecule has 4 aliphatic carbocycles. The van der Waals surface area contributed by atoms with E-state index in [0.29, 0.717) is 6.04 Å². The van der Waals surface area contributed by atoms with Crippen molar-refractivity contribution in [3.8, 4) is 6.19 Å². The second kappa shape index (κ2) is 5.92. The van der Waals surface area contributed by atoms with Crippen LogP contribution in [0, 0.1) is 35.1 Å². The van der Waals surface area contributed by atoms with Crippen LogP contribution in [0.25, 0.3) is 0 Å². The summed E-state index contributed by atoms with van der Waals surface area (Å²) >= 11 is 0. The SMILES string of the molecule is CC(C)(C(=NC#N)NC1C2CC3CC(C2)CC1C3)c1ccccc1. The molecule has 0 aliphatic heterocycles. The number of nitriles is 1. The van der Waals surface area contributed by atoms with Gasteiger partial charge in [-0.05, 0) is 75.2 Å². The predicted molar refractivity (Wildman–Crippen MR) is 96.5 cm³/mol. The van der Waals surface area contributed by atoms with Crippen molar-refractivity contribution in [2.45, 2.75) is 57.4 Å². The molecular weight excluding hydrogens is 294 g/mol. The number of amidine groups is 1. The van der Waals surface area contributed by atoms with E-state index in [-0.39, 0.29) is 5.41 Å². The van der Waals surface area contributed by atoms with Crippen molar-refractivity contribution in [3.05, 3.63) is 35.9 Å². The standard InChI is InChI=1S/C21H27N3/c1-21(2,18-6-4-3-5-7-18)20(23-13-22)24-19-16-9-14-8-15(11-16)12-17(19)10-14/h3-7,14-17,19H,8-12H2,1-2H3,(H,23,24). The zero-order valence-corrected chi connectivity index (χ0v) is 14.7. The highest BCUT2D eigenvalue weighted by Crippen LogP contribution is 2.53. The number of aliphatic imine (C=N–C) groups is 1. The highest BCUT2D eigenvalue weighted by atomic mass is 15.1. The maximum atomic E-state index is 9.25. The van der Waals surface area contributed by atoms with Crippen molar-refractivity contribution < 1.29 is 0 Å². The molecule has 5 rings (SSSR count). The number of nitrogens with one attached hydrogen (secondary N) is 1. The maximum absolute atomic E-state index is 9.25. The summed E-state index contributed by atoms with van der Waals surface area (Å²) < 4.78 is 0. The Balaban J connectivity index is 1.59. The Morgan fingerprint density at radius 1 is 1.04 bits per heavy atom. The molecule has 0 amide bonds. The average Bonchev–Trinajstić information content (AvgIpc) is 2.57. The van der Waals surface area contributed by atoms with Crippen LogP contribution in [-0.2, 0) is 5.41 Å². The Hall–Kier alpha value is -1.82. The third-order valence-electron chi connectivity index (χ3n) is 6.78. The lowest BCUT2D eigenvalue weighted by molar-refractivity contribution is -0.00735. The van der Waals surface area contributed by atoms with E-state index in [1.165, 1.54) is 37.7 Å². The van der Waals surface area contributed by atoms with Crippen LogP contribution in [0.15, 0.2) is 35.3 Å². The molecule has 0 radical (unpaired) electrons. The van der Waals surface area contributed by atoms with Crippen LogP contribution in [0.3, 0.4) is 0 Å². The normalized spacial score (nSPS) is 34.9. The number of benzene rings is 1. The summed E-state index contributed by atoms with van der Waals surface area (Å²) in [4.78, 5) is 4.23. The first kappa shape index (κ1) is 15.7. The fourth-order valence-electron chi connectivity index (χ4n) is 5.71. The van der Waals surface area contributed by atoms with E-state index in [0.717, 1.165) is 29.5 Å². The molecule has 3 nitrogen and oxygen atoms in total. The van der Waals surface area contributed by atoms with Crippen LogP contribution < -0.4 is 5.32 Å². The van der Waals surface area contributed by atoms with E-state index < -0.39 is 0 Å². The summed E-state index contributed by atoms with van der Waals surface area (Å²) in [5, 5.41) is 13.0. The molecule has 1 aromatic rings. The smallest absolute Gasteiger partial charge is 0.207 e. The summed E-state index contributed by atoms with van der Waals surface area (Å²) in [6.45, 7) is 4.34. The van der Waals surface area contributed by atoms with Crippen molar-refractivity contribution >= 4 is 5.84 Å². The fourth-order valence-corrected chi connectivity index (χ4v) is 5.71. The Labute approximate surface area is 145 Å². The van der Waals surface area contributed by atoms with Crippen LogP contribution >= 0.6 is 0 Å². The third-order valence-corrected chi connectivity index (χ3v) is 6.78. The van der Waals surface area contributed by atoms with Gasteiger partial charge in [-0.1, -0.05) is 30.3 Å². The average molecular weight is 321 g/mol. The van der Waals surface area contributed by atoms with Gasteiger partial charge in [0.2, 0.25) is 6.19 Å². The van der Waals surface area contributed by atoms with Gasteiger partial charge in [0.05, 0.1) is 0 Å². The molecule has 4 fully saturated rings. The molecule has 126 valence electrons. The van der Waals surface area contributed by atoms with Gasteiger partial charge in [-0.3, -0.25) is 0 Å². The first-order valence-electron chi connectivity index (χ1n) is 9.37. The number of hydrogen-bond acceptors (Lipinski definition) is 2. The van der Waals surface area contributed by atoms with Crippen LogP contribution in [0.5, 0.6) is 0 Å². The van der Waals surface area contributed by atoms with Gasteiger partial charge in [-0.25, -0.2) is 0 Å². The van der Waals surface area contributed by atoms with E-state index in [9.17, 15) is 5.26 Å². The van der Waals surface area contributed by atoms with Crippen LogP contribution in [0.4, 0.5) is 0 Å². The summed E-state index contributed by atoms with van der Waals surface area (Å²) in [7, 11) is 0. The number of hydrogen-bond donors (Lipinski definition) is 1. The summed E-state index contributed by atoms with van der Waals surface area (Å²) in [5.41, 5.74) is 0.932. The molecule has 4 saturated carbocycles. The fraction of sp³-hybridized carbons (Fsp3) is 0.619. The lowest BCUT2D eigenvalue weighted by Crippen LogP contribution is -2.58. The lowest BCUT2D eigenvalue weighted by atomic mass is 9.54. The first-order valence-corrected chi connectivity index (χ1v) is 9.37. The van der Waals surface area contributed by atoms with Gasteiger partial charge in [0, 0.05) is 11.5 Å². The second-order valence-corrected chi connectivity index (χ2v) is 8.65. The molecule has 0 heterocycles. The highest BCUT2D eigenvalue weighted by molar-refractivity contribution is 5.93. The van der Waals surface area contributed by atoms with Crippen molar-refractivity contribution in [1.29, 1.82) is 5.26 Å². The molecule has 0 unspecified atom stereocenters. The first-order chi connectivity index (χ1) is 11.6. The molecule has 1 N–H and O–H groups in total. The molecule has 3 heteroatoms. The minimum absolute atomic E-state index is 0.272. The Kier molecular flexibility index (Phi) is 3.87. The largest absolute Gasteiger partial charge is 0.369 e. The van der Waals surface area contributed by atoms with Gasteiger partial charge in [-0.15, -0.1) is 0 Å². The summed E-state index contributed by atoms with van der Waals surface area (Å²) in [6, 6.07) is 10.9. The molecular formula is C21H27N3. The van der Waals surface area contributed by atoms with Gasteiger partial charge in [-0.2, -0.15) is 10.3 Å². The lowest BCUT2D eigenvalue weighted by Gasteiger charge is -2.55. The third kappa shape index (κ3) is 2.62. The van der Waals surface area contributed by atoms with E-state index >= 15 is 0 Å². The summed E-state index contributed by atoms with van der Waals surface area (Å²) in [6.07, 6.45) is 8.99. The molecule has 0 spiro atoms. The Morgan fingerprint density at radius 3 is 2.17 bits per heavy atom. The highest BCUT2D eigenvalue weighted by Gasteiger charge is 2.49. The zero-order chi connectivity index (χ0) is 16.7. The quantitative estimate of drug-likeness (QED) is 0.514. The van der Waals surface area contributed by atoms with Crippen molar-refractivity contribution in [3.63, 3.8) is 0 Å². The van der Waals surface area contributed by atoms with E-state index in [1.807, 2.05) is 12.3 Å². The van der Waals surface area contributed by atoms with E-state index in [1.54, 1.807) is 0 Å². The number of nitrogens with zero attached hydrogens (tertiary/aromatic N) is 2. The molecule has 0 saturated heterocycles. The molecule has 24 heavy (non-hydrogen) atoms.